The molecule has 0 spiro atoms. The number of carbonyl (C=O) groups is 1. The topological polar surface area (TPSA) is 74.2 Å². The van der Waals surface area contributed by atoms with Crippen LogP contribution >= 0.6 is 0 Å². The highest BCUT2D eigenvalue weighted by molar-refractivity contribution is 5.88. The van der Waals surface area contributed by atoms with E-state index in [0.717, 1.165) is 12.1 Å². The Morgan fingerprint density at radius 2 is 2.17 bits per heavy atom. The van der Waals surface area contributed by atoms with Gasteiger partial charge < -0.3 is 10.4 Å². The first-order valence-corrected chi connectivity index (χ1v) is 6.13. The normalized spacial score (nSPS) is 12.3. The van der Waals surface area contributed by atoms with Gasteiger partial charge in [0.05, 0.1) is 12.6 Å². The van der Waals surface area contributed by atoms with Crippen LogP contribution in [0.4, 0.5) is 10.6 Å². The molecule has 0 aliphatic heterocycles. The second-order valence-electron chi connectivity index (χ2n) is 4.77. The highest BCUT2D eigenvalue weighted by atomic mass is 16.3. The van der Waals surface area contributed by atoms with Gasteiger partial charge >= 0.3 is 6.03 Å². The summed E-state index contributed by atoms with van der Waals surface area (Å²) >= 11 is 0. The molecule has 0 bridgehead atoms. The highest BCUT2D eigenvalue weighted by Gasteiger charge is 2.13. The summed E-state index contributed by atoms with van der Waals surface area (Å²) in [7, 11) is 0. The Morgan fingerprint density at radius 3 is 2.72 bits per heavy atom. The van der Waals surface area contributed by atoms with Gasteiger partial charge in [0.15, 0.2) is 0 Å². The lowest BCUT2D eigenvalue weighted by molar-refractivity contribution is 0.214. The number of aliphatic hydroxyl groups is 1. The SMILES string of the molecule is Cc1cccc(NC(=O)N[C@H](CO)CC(C)C)n1. The maximum absolute atomic E-state index is 11.7. The smallest absolute Gasteiger partial charge is 0.320 e. The van der Waals surface area contributed by atoms with E-state index in [2.05, 4.69) is 15.6 Å². The summed E-state index contributed by atoms with van der Waals surface area (Å²) in [5, 5.41) is 14.6. The van der Waals surface area contributed by atoms with Gasteiger partial charge in [-0.25, -0.2) is 9.78 Å². The molecular weight excluding hydrogens is 230 g/mol. The van der Waals surface area contributed by atoms with Crippen LogP contribution in [-0.2, 0) is 0 Å². The van der Waals surface area contributed by atoms with Crippen LogP contribution in [0.1, 0.15) is 26.0 Å². The lowest BCUT2D eigenvalue weighted by Gasteiger charge is -2.18. The predicted octanol–water partition coefficient (Wildman–Crippen LogP) is 1.92. The molecule has 2 amide bonds. The molecule has 0 unspecified atom stereocenters. The number of aromatic nitrogens is 1. The number of pyridine rings is 1. The van der Waals surface area contributed by atoms with Crippen molar-refractivity contribution in [3.8, 4) is 0 Å². The van der Waals surface area contributed by atoms with Crippen LogP contribution in [-0.4, -0.2) is 28.8 Å². The third-order valence-corrected chi connectivity index (χ3v) is 2.44. The zero-order valence-electron chi connectivity index (χ0n) is 11.1. The summed E-state index contributed by atoms with van der Waals surface area (Å²) in [4.78, 5) is 15.9. The number of hydrogen-bond acceptors (Lipinski definition) is 3. The summed E-state index contributed by atoms with van der Waals surface area (Å²) < 4.78 is 0. The molecule has 18 heavy (non-hydrogen) atoms. The van der Waals surface area contributed by atoms with Gasteiger partial charge in [-0.1, -0.05) is 19.9 Å². The average Bonchev–Trinajstić information content (AvgIpc) is 2.27. The fraction of sp³-hybridized carbons (Fsp3) is 0.538. The van der Waals surface area contributed by atoms with E-state index in [4.69, 9.17) is 0 Å². The van der Waals surface area contributed by atoms with Gasteiger partial charge in [0.25, 0.3) is 0 Å². The molecule has 0 aromatic carbocycles. The Kier molecular flexibility index (Phi) is 5.58. The number of amides is 2. The number of nitrogens with zero attached hydrogens (tertiary/aromatic N) is 1. The van der Waals surface area contributed by atoms with Crippen molar-refractivity contribution in [2.24, 2.45) is 5.92 Å². The number of rotatable bonds is 5. The van der Waals surface area contributed by atoms with E-state index in [1.807, 2.05) is 32.9 Å². The molecule has 0 saturated heterocycles. The van der Waals surface area contributed by atoms with Gasteiger partial charge in [-0.05, 0) is 31.4 Å². The van der Waals surface area contributed by atoms with Gasteiger partial charge in [-0.15, -0.1) is 0 Å². The number of urea groups is 1. The molecule has 0 saturated carbocycles. The number of hydrogen-bond donors (Lipinski definition) is 3. The van der Waals surface area contributed by atoms with Gasteiger partial charge in [0.2, 0.25) is 0 Å². The molecule has 1 atom stereocenters. The van der Waals surface area contributed by atoms with Gasteiger partial charge in [0.1, 0.15) is 5.82 Å². The molecule has 1 heterocycles. The zero-order chi connectivity index (χ0) is 13.5. The first-order chi connectivity index (χ1) is 8.51. The predicted molar refractivity (Wildman–Crippen MR) is 71.5 cm³/mol. The van der Waals surface area contributed by atoms with Crippen LogP contribution in [0.3, 0.4) is 0 Å². The minimum absolute atomic E-state index is 0.0627. The maximum atomic E-state index is 11.7. The van der Waals surface area contributed by atoms with E-state index in [9.17, 15) is 9.90 Å². The quantitative estimate of drug-likeness (QED) is 0.748. The summed E-state index contributed by atoms with van der Waals surface area (Å²) in [6.45, 7) is 5.89. The van der Waals surface area contributed by atoms with Crippen molar-refractivity contribution in [2.45, 2.75) is 33.2 Å². The number of aryl methyl sites for hydroxylation is 1. The number of anilines is 1. The molecule has 5 nitrogen and oxygen atoms in total. The van der Waals surface area contributed by atoms with Crippen molar-refractivity contribution in [1.29, 1.82) is 0 Å². The van der Waals surface area contributed by atoms with Crippen molar-refractivity contribution in [1.82, 2.24) is 10.3 Å². The Bertz CT molecular complexity index is 394. The van der Waals surface area contributed by atoms with Crippen molar-refractivity contribution < 1.29 is 9.90 Å². The van der Waals surface area contributed by atoms with Crippen LogP contribution in [0.15, 0.2) is 18.2 Å². The Labute approximate surface area is 108 Å². The van der Waals surface area contributed by atoms with E-state index in [1.165, 1.54) is 0 Å². The van der Waals surface area contributed by atoms with Gasteiger partial charge in [-0.3, -0.25) is 5.32 Å². The third kappa shape index (κ3) is 5.14. The first kappa shape index (κ1) is 14.4. The van der Waals surface area contributed by atoms with E-state index >= 15 is 0 Å². The van der Waals surface area contributed by atoms with Crippen molar-refractivity contribution >= 4 is 11.8 Å². The lowest BCUT2D eigenvalue weighted by atomic mass is 10.0. The second kappa shape index (κ2) is 6.96. The summed E-state index contributed by atoms with van der Waals surface area (Å²) in [6, 6.07) is 4.85. The van der Waals surface area contributed by atoms with Crippen LogP contribution in [0.25, 0.3) is 0 Å². The zero-order valence-corrected chi connectivity index (χ0v) is 11.1. The molecule has 1 rings (SSSR count). The highest BCUT2D eigenvalue weighted by Crippen LogP contribution is 2.06. The average molecular weight is 251 g/mol. The minimum Gasteiger partial charge on any atom is -0.394 e. The van der Waals surface area contributed by atoms with Crippen LogP contribution in [0.5, 0.6) is 0 Å². The number of nitrogens with one attached hydrogen (secondary N) is 2. The van der Waals surface area contributed by atoms with Crippen molar-refractivity contribution in [3.63, 3.8) is 0 Å². The molecular formula is C13H21N3O2. The number of aliphatic hydroxyl groups excluding tert-OH is 1. The van der Waals surface area contributed by atoms with Gasteiger partial charge in [-0.2, -0.15) is 0 Å². The molecule has 1 aromatic heterocycles. The molecule has 3 N–H and O–H groups in total. The second-order valence-corrected chi connectivity index (χ2v) is 4.77. The summed E-state index contributed by atoms with van der Waals surface area (Å²) in [5.74, 6) is 0.924. The van der Waals surface area contributed by atoms with Crippen molar-refractivity contribution in [2.75, 3.05) is 11.9 Å². The monoisotopic (exact) mass is 251 g/mol. The minimum atomic E-state index is -0.340. The standard InChI is InChI=1S/C13H21N3O2/c1-9(2)7-11(8-17)15-13(18)16-12-6-4-5-10(3)14-12/h4-6,9,11,17H,7-8H2,1-3H3,(H2,14,15,16,18)/t11-/m0/s1. The van der Waals surface area contributed by atoms with Crippen LogP contribution < -0.4 is 10.6 Å². The van der Waals surface area contributed by atoms with E-state index in [1.54, 1.807) is 6.07 Å². The Balaban J connectivity index is 2.50. The fourth-order valence-corrected chi connectivity index (χ4v) is 1.70. The van der Waals surface area contributed by atoms with E-state index < -0.39 is 0 Å². The third-order valence-electron chi connectivity index (χ3n) is 2.44. The maximum Gasteiger partial charge on any atom is 0.320 e. The van der Waals surface area contributed by atoms with Crippen LogP contribution in [0, 0.1) is 12.8 Å². The molecule has 1 aromatic rings. The van der Waals surface area contributed by atoms with E-state index in [0.29, 0.717) is 11.7 Å². The largest absolute Gasteiger partial charge is 0.394 e. The molecule has 0 radical (unpaired) electrons. The van der Waals surface area contributed by atoms with E-state index in [-0.39, 0.29) is 18.7 Å². The van der Waals surface area contributed by atoms with Gasteiger partial charge in [0, 0.05) is 5.69 Å². The first-order valence-electron chi connectivity index (χ1n) is 6.13. The Morgan fingerprint density at radius 1 is 1.44 bits per heavy atom. The molecule has 100 valence electrons. The fourth-order valence-electron chi connectivity index (χ4n) is 1.70. The Hall–Kier alpha value is -1.62. The van der Waals surface area contributed by atoms with Crippen LogP contribution in [0.2, 0.25) is 0 Å². The molecule has 5 heteroatoms. The summed E-state index contributed by atoms with van der Waals surface area (Å²) in [5.41, 5.74) is 0.841. The molecule has 0 aliphatic carbocycles. The molecule has 0 fully saturated rings. The van der Waals surface area contributed by atoms with Crippen molar-refractivity contribution in [3.05, 3.63) is 23.9 Å². The number of carbonyl (C=O) groups excluding carboxylic acids is 1. The summed E-state index contributed by atoms with van der Waals surface area (Å²) in [6.07, 6.45) is 0.741. The lowest BCUT2D eigenvalue weighted by Crippen LogP contribution is -2.41. The molecule has 0 aliphatic rings.